The molecule has 4 heteroatoms. The molecule has 0 unspecified atom stereocenters. The molecule has 0 aliphatic rings. The van der Waals surface area contributed by atoms with Gasteiger partial charge in [0.15, 0.2) is 5.78 Å². The highest BCUT2D eigenvalue weighted by Gasteiger charge is 2.23. The van der Waals surface area contributed by atoms with E-state index in [9.17, 15) is 9.59 Å². The van der Waals surface area contributed by atoms with Crippen LogP contribution in [-0.2, 0) is 11.2 Å². The second-order valence-corrected chi connectivity index (χ2v) is 5.51. The third-order valence-corrected chi connectivity index (χ3v) is 3.42. The molecule has 1 aromatic heterocycles. The monoisotopic (exact) mass is 296 g/mol. The molecule has 1 N–H and O–H groups in total. The van der Waals surface area contributed by atoms with Gasteiger partial charge in [-0.25, -0.2) is 0 Å². The van der Waals surface area contributed by atoms with E-state index in [1.54, 1.807) is 18.3 Å². The molecule has 0 spiro atoms. The Morgan fingerprint density at radius 2 is 1.82 bits per heavy atom. The van der Waals surface area contributed by atoms with Gasteiger partial charge in [0.2, 0.25) is 0 Å². The van der Waals surface area contributed by atoms with Crippen LogP contribution in [0.5, 0.6) is 0 Å². The number of ketones is 1. The summed E-state index contributed by atoms with van der Waals surface area (Å²) in [5, 5.41) is 2.83. The third kappa shape index (κ3) is 4.25. The van der Waals surface area contributed by atoms with Gasteiger partial charge in [-0.3, -0.25) is 14.6 Å². The second kappa shape index (κ2) is 7.50. The topological polar surface area (TPSA) is 59.1 Å². The first-order valence-corrected chi connectivity index (χ1v) is 7.36. The van der Waals surface area contributed by atoms with Crippen molar-refractivity contribution in [3.63, 3.8) is 0 Å². The third-order valence-electron chi connectivity index (χ3n) is 3.42. The van der Waals surface area contributed by atoms with Crippen molar-refractivity contribution in [2.45, 2.75) is 26.3 Å². The minimum atomic E-state index is -0.532. The first-order chi connectivity index (χ1) is 10.6. The Labute approximate surface area is 130 Å². The number of pyridine rings is 1. The minimum absolute atomic E-state index is 0.0288. The van der Waals surface area contributed by atoms with Crippen LogP contribution in [0.2, 0.25) is 0 Å². The molecular formula is C18H20N2O2. The van der Waals surface area contributed by atoms with Gasteiger partial charge in [0, 0.05) is 18.3 Å². The summed E-state index contributed by atoms with van der Waals surface area (Å²) < 4.78 is 0. The lowest BCUT2D eigenvalue weighted by Crippen LogP contribution is -2.44. The number of rotatable bonds is 6. The maximum absolute atomic E-state index is 12.4. The number of hydrogen-bond donors (Lipinski definition) is 1. The van der Waals surface area contributed by atoms with Crippen LogP contribution in [0.25, 0.3) is 0 Å². The Morgan fingerprint density at radius 1 is 1.09 bits per heavy atom. The number of Topliss-reactive ketones (excluding diaryl/α,β-unsaturated/α-hetero) is 1. The van der Waals surface area contributed by atoms with Gasteiger partial charge in [-0.1, -0.05) is 44.2 Å². The number of aromatic nitrogens is 1. The van der Waals surface area contributed by atoms with Gasteiger partial charge in [-0.2, -0.15) is 0 Å². The predicted molar refractivity (Wildman–Crippen MR) is 85.5 cm³/mol. The smallest absolute Gasteiger partial charge is 0.253 e. The maximum Gasteiger partial charge on any atom is 0.253 e. The Morgan fingerprint density at radius 3 is 2.41 bits per heavy atom. The van der Waals surface area contributed by atoms with Gasteiger partial charge >= 0.3 is 0 Å². The molecule has 1 atom stereocenters. The van der Waals surface area contributed by atoms with E-state index in [-0.39, 0.29) is 17.6 Å². The maximum atomic E-state index is 12.4. The molecular weight excluding hydrogens is 276 g/mol. The van der Waals surface area contributed by atoms with E-state index >= 15 is 0 Å². The fraction of sp³-hybridized carbons (Fsp3) is 0.278. The molecule has 0 fully saturated rings. The summed E-state index contributed by atoms with van der Waals surface area (Å²) in [5.74, 6) is -0.382. The molecule has 1 amide bonds. The second-order valence-electron chi connectivity index (χ2n) is 5.51. The van der Waals surface area contributed by atoms with E-state index in [2.05, 4.69) is 10.3 Å². The van der Waals surface area contributed by atoms with Gasteiger partial charge in [-0.05, 0) is 24.1 Å². The van der Waals surface area contributed by atoms with Crippen molar-refractivity contribution in [1.29, 1.82) is 0 Å². The normalized spacial score (nSPS) is 12.0. The summed E-state index contributed by atoms with van der Waals surface area (Å²) in [5.41, 5.74) is 1.48. The summed E-state index contributed by atoms with van der Waals surface area (Å²) >= 11 is 0. The number of carbonyl (C=O) groups is 2. The minimum Gasteiger partial charge on any atom is -0.342 e. The molecule has 0 aliphatic heterocycles. The zero-order valence-corrected chi connectivity index (χ0v) is 12.8. The van der Waals surface area contributed by atoms with Gasteiger partial charge in [-0.15, -0.1) is 0 Å². The highest BCUT2D eigenvalue weighted by molar-refractivity contribution is 5.98. The number of nitrogens with one attached hydrogen (secondary N) is 1. The molecule has 0 saturated carbocycles. The summed E-state index contributed by atoms with van der Waals surface area (Å²) in [4.78, 5) is 28.6. The highest BCUT2D eigenvalue weighted by Crippen LogP contribution is 2.09. The Balaban J connectivity index is 2.14. The molecule has 2 rings (SSSR count). The van der Waals surface area contributed by atoms with Crippen molar-refractivity contribution >= 4 is 11.7 Å². The summed E-state index contributed by atoms with van der Waals surface area (Å²) in [6, 6.07) is 12.5. The fourth-order valence-electron chi connectivity index (χ4n) is 2.21. The van der Waals surface area contributed by atoms with Crippen LogP contribution >= 0.6 is 0 Å². The largest absolute Gasteiger partial charge is 0.342 e. The standard InChI is InChI=1S/C18H20N2O2/c1-13(2)17(21)16(11-14-7-4-3-5-8-14)20-18(22)15-9-6-10-19-12-15/h3-10,12-13,16H,11H2,1-2H3,(H,20,22)/t16-/m0/s1. The average Bonchev–Trinajstić information content (AvgIpc) is 2.55. The van der Waals surface area contributed by atoms with Crippen LogP contribution in [0.4, 0.5) is 0 Å². The predicted octanol–water partition coefficient (Wildman–Crippen LogP) is 2.65. The van der Waals surface area contributed by atoms with Gasteiger partial charge in [0.05, 0.1) is 11.6 Å². The van der Waals surface area contributed by atoms with E-state index < -0.39 is 6.04 Å². The van der Waals surface area contributed by atoms with Crippen LogP contribution in [0, 0.1) is 5.92 Å². The molecule has 1 aromatic carbocycles. The van der Waals surface area contributed by atoms with Crippen LogP contribution in [0.15, 0.2) is 54.9 Å². The van der Waals surface area contributed by atoms with E-state index in [0.29, 0.717) is 12.0 Å². The van der Waals surface area contributed by atoms with Crippen molar-refractivity contribution in [2.24, 2.45) is 5.92 Å². The van der Waals surface area contributed by atoms with Gasteiger partial charge in [0.25, 0.3) is 5.91 Å². The fourth-order valence-corrected chi connectivity index (χ4v) is 2.21. The first-order valence-electron chi connectivity index (χ1n) is 7.36. The van der Waals surface area contributed by atoms with Crippen LogP contribution in [0.3, 0.4) is 0 Å². The molecule has 0 aliphatic carbocycles. The number of hydrogen-bond acceptors (Lipinski definition) is 3. The van der Waals surface area contributed by atoms with E-state index in [1.165, 1.54) is 6.20 Å². The molecule has 2 aromatic rings. The average molecular weight is 296 g/mol. The van der Waals surface area contributed by atoms with Crippen molar-refractivity contribution in [3.05, 3.63) is 66.0 Å². The van der Waals surface area contributed by atoms with Crippen molar-refractivity contribution in [3.8, 4) is 0 Å². The lowest BCUT2D eigenvalue weighted by molar-refractivity contribution is -0.123. The molecule has 0 saturated heterocycles. The van der Waals surface area contributed by atoms with Crippen molar-refractivity contribution < 1.29 is 9.59 Å². The lowest BCUT2D eigenvalue weighted by Gasteiger charge is -2.19. The molecule has 22 heavy (non-hydrogen) atoms. The first kappa shape index (κ1) is 15.9. The summed E-state index contributed by atoms with van der Waals surface area (Å²) in [7, 11) is 0. The van der Waals surface area contributed by atoms with Gasteiger partial charge in [0.1, 0.15) is 0 Å². The van der Waals surface area contributed by atoms with Crippen LogP contribution < -0.4 is 5.32 Å². The van der Waals surface area contributed by atoms with Gasteiger partial charge < -0.3 is 5.32 Å². The number of amides is 1. The van der Waals surface area contributed by atoms with Crippen LogP contribution in [0.1, 0.15) is 29.8 Å². The highest BCUT2D eigenvalue weighted by atomic mass is 16.2. The quantitative estimate of drug-likeness (QED) is 0.891. The van der Waals surface area contributed by atoms with Crippen LogP contribution in [-0.4, -0.2) is 22.7 Å². The molecule has 4 nitrogen and oxygen atoms in total. The van der Waals surface area contributed by atoms with E-state index in [4.69, 9.17) is 0 Å². The molecule has 1 heterocycles. The summed E-state index contributed by atoms with van der Waals surface area (Å²) in [6.07, 6.45) is 3.59. The van der Waals surface area contributed by atoms with Crippen molar-refractivity contribution in [1.82, 2.24) is 10.3 Å². The van der Waals surface area contributed by atoms with Crippen molar-refractivity contribution in [2.75, 3.05) is 0 Å². The molecule has 114 valence electrons. The zero-order valence-electron chi connectivity index (χ0n) is 12.8. The van der Waals surface area contributed by atoms with E-state index in [1.807, 2.05) is 44.2 Å². The summed E-state index contributed by atoms with van der Waals surface area (Å²) in [6.45, 7) is 3.69. The SMILES string of the molecule is CC(C)C(=O)[C@H](Cc1ccccc1)NC(=O)c1cccnc1. The Kier molecular flexibility index (Phi) is 5.42. The zero-order chi connectivity index (χ0) is 15.9. The lowest BCUT2D eigenvalue weighted by atomic mass is 9.95. The number of nitrogens with zero attached hydrogens (tertiary/aromatic N) is 1. The van der Waals surface area contributed by atoms with E-state index in [0.717, 1.165) is 5.56 Å². The Bertz CT molecular complexity index is 624. The number of benzene rings is 1. The Hall–Kier alpha value is -2.49. The molecule has 0 bridgehead atoms. The molecule has 0 radical (unpaired) electrons. The number of carbonyl (C=O) groups excluding carboxylic acids is 2.